The third kappa shape index (κ3) is 5.26. The van der Waals surface area contributed by atoms with Crippen LogP contribution < -0.4 is 20.5 Å². The normalized spacial score (nSPS) is 24.0. The third-order valence-corrected chi connectivity index (χ3v) is 9.68. The predicted molar refractivity (Wildman–Crippen MR) is 170 cm³/mol. The van der Waals surface area contributed by atoms with Gasteiger partial charge in [0.15, 0.2) is 0 Å². The fourth-order valence-electron chi connectivity index (χ4n) is 7.60. The van der Waals surface area contributed by atoms with Crippen LogP contribution in [-0.4, -0.2) is 82.1 Å². The number of ether oxygens (including phenoxy) is 1. The zero-order valence-corrected chi connectivity index (χ0v) is 25.4. The molecule has 234 valence electrons. The molecule has 45 heavy (non-hydrogen) atoms. The number of phenols is 1. The Morgan fingerprint density at radius 1 is 1.09 bits per heavy atom. The molecular formula is C34H36F2N6O3. The molecule has 4 aliphatic heterocycles. The zero-order valence-electron chi connectivity index (χ0n) is 25.4. The highest BCUT2D eigenvalue weighted by Gasteiger charge is 2.35. The Hall–Kier alpha value is -4.27. The summed E-state index contributed by atoms with van der Waals surface area (Å²) in [4.78, 5) is 27.3. The second-order valence-electron chi connectivity index (χ2n) is 12.5. The van der Waals surface area contributed by atoms with E-state index in [1.54, 1.807) is 19.2 Å². The number of piperazine rings is 1. The summed E-state index contributed by atoms with van der Waals surface area (Å²) in [7, 11) is 3.12. The topological polar surface area (TPSA) is 95.8 Å². The quantitative estimate of drug-likeness (QED) is 0.333. The second-order valence-corrected chi connectivity index (χ2v) is 12.5. The fraction of sp³-hybridized carbons (Fsp3) is 0.441. The van der Waals surface area contributed by atoms with Gasteiger partial charge in [-0.05, 0) is 68.3 Å². The molecule has 4 saturated heterocycles. The van der Waals surface area contributed by atoms with Gasteiger partial charge in [0, 0.05) is 55.8 Å². The van der Waals surface area contributed by atoms with Gasteiger partial charge in [0.05, 0.1) is 23.9 Å². The SMILES string of the molecule is C#Cc1c(F)ccc2cc(O)cc(-c3cc4nc(OC)nc(N5CC6CCC(C5)N6)c4c(=O)n3C)c12.FC1CC2CCCN2C1. The number of nitrogens with zero attached hydrogens (tertiary/aromatic N) is 5. The van der Waals surface area contributed by atoms with E-state index in [2.05, 4.69) is 31.0 Å². The van der Waals surface area contributed by atoms with Crippen molar-refractivity contribution in [1.29, 1.82) is 0 Å². The lowest BCUT2D eigenvalue weighted by Gasteiger charge is -2.34. The van der Waals surface area contributed by atoms with Crippen LogP contribution in [0, 0.1) is 18.2 Å². The molecule has 4 fully saturated rings. The lowest BCUT2D eigenvalue weighted by molar-refractivity contribution is 0.292. The molecule has 0 radical (unpaired) electrons. The van der Waals surface area contributed by atoms with Crippen molar-refractivity contribution in [1.82, 2.24) is 24.8 Å². The number of rotatable bonds is 3. The first-order chi connectivity index (χ1) is 21.7. The van der Waals surface area contributed by atoms with Crippen molar-refractivity contribution in [3.05, 3.63) is 52.1 Å². The van der Waals surface area contributed by atoms with Crippen LogP contribution in [0.2, 0.25) is 0 Å². The number of hydrogen-bond acceptors (Lipinski definition) is 8. The van der Waals surface area contributed by atoms with Gasteiger partial charge in [0.25, 0.3) is 5.56 Å². The molecule has 11 heteroatoms. The molecule has 2 N–H and O–H groups in total. The number of benzene rings is 2. The van der Waals surface area contributed by atoms with E-state index in [0.29, 0.717) is 63.4 Å². The van der Waals surface area contributed by atoms with Crippen molar-refractivity contribution >= 4 is 27.5 Å². The third-order valence-electron chi connectivity index (χ3n) is 9.68. The molecule has 4 unspecified atom stereocenters. The molecule has 2 aromatic heterocycles. The maximum atomic E-state index is 14.7. The Morgan fingerprint density at radius 2 is 1.87 bits per heavy atom. The molecule has 4 aliphatic rings. The summed E-state index contributed by atoms with van der Waals surface area (Å²) in [5, 5.41) is 15.4. The van der Waals surface area contributed by atoms with Crippen molar-refractivity contribution in [3.8, 4) is 35.4 Å². The molecular weight excluding hydrogens is 578 g/mol. The lowest BCUT2D eigenvalue weighted by atomic mass is 9.95. The zero-order chi connectivity index (χ0) is 31.4. The standard InChI is InChI=1S/C27H24FN5O3.C7H12FN/c1-4-18-20(28)8-5-14-9-17(34)10-19(23(14)18)22-11-21-24(26(35)32(22)2)25(31-27(30-21)36-3)33-12-15-6-7-16(13-33)29-15;8-6-4-7-2-1-3-9(7)5-6/h1,5,8-11,15-16,29,34H,6-7,12-13H2,2-3H3;6-7H,1-5H2. The first-order valence-electron chi connectivity index (χ1n) is 15.5. The van der Waals surface area contributed by atoms with Gasteiger partial charge in [-0.25, -0.2) is 8.78 Å². The molecule has 4 aromatic rings. The first-order valence-corrected chi connectivity index (χ1v) is 15.5. The maximum absolute atomic E-state index is 14.7. The molecule has 0 saturated carbocycles. The van der Waals surface area contributed by atoms with Gasteiger partial charge in [-0.1, -0.05) is 12.0 Å². The highest BCUT2D eigenvalue weighted by atomic mass is 19.1. The number of halogens is 2. The number of anilines is 1. The number of terminal acetylenes is 1. The highest BCUT2D eigenvalue weighted by Crippen LogP contribution is 2.37. The van der Waals surface area contributed by atoms with Crippen LogP contribution in [-0.2, 0) is 7.05 Å². The van der Waals surface area contributed by atoms with Crippen molar-refractivity contribution < 1.29 is 18.6 Å². The Bertz CT molecular complexity index is 1880. The minimum Gasteiger partial charge on any atom is -0.508 e. The number of methoxy groups -OCH3 is 1. The van der Waals surface area contributed by atoms with Crippen LogP contribution in [0.15, 0.2) is 35.1 Å². The molecule has 0 aliphatic carbocycles. The van der Waals surface area contributed by atoms with Crippen molar-refractivity contribution in [2.75, 3.05) is 38.2 Å². The summed E-state index contributed by atoms with van der Waals surface area (Å²) in [6.45, 7) is 3.33. The van der Waals surface area contributed by atoms with E-state index in [9.17, 15) is 18.7 Å². The van der Waals surface area contributed by atoms with Crippen LogP contribution in [0.5, 0.6) is 11.8 Å². The van der Waals surface area contributed by atoms with E-state index in [-0.39, 0.29) is 22.9 Å². The molecule has 2 aromatic carbocycles. The monoisotopic (exact) mass is 614 g/mol. The van der Waals surface area contributed by atoms with E-state index in [1.807, 2.05) is 0 Å². The van der Waals surface area contributed by atoms with Gasteiger partial charge in [-0.2, -0.15) is 9.97 Å². The summed E-state index contributed by atoms with van der Waals surface area (Å²) in [6.07, 6.45) is 10.6. The maximum Gasteiger partial charge on any atom is 0.318 e. The minimum absolute atomic E-state index is 0.0307. The Balaban J connectivity index is 0.000000308. The average molecular weight is 615 g/mol. The van der Waals surface area contributed by atoms with Crippen LogP contribution >= 0.6 is 0 Å². The number of aromatic hydroxyl groups is 1. The number of nitrogens with one attached hydrogen (secondary N) is 1. The smallest absolute Gasteiger partial charge is 0.318 e. The Kier molecular flexibility index (Phi) is 7.58. The van der Waals surface area contributed by atoms with Crippen molar-refractivity contribution in [2.24, 2.45) is 7.05 Å². The van der Waals surface area contributed by atoms with E-state index >= 15 is 0 Å². The van der Waals surface area contributed by atoms with Gasteiger partial charge in [0.2, 0.25) is 0 Å². The average Bonchev–Trinajstić information content (AvgIpc) is 3.72. The summed E-state index contributed by atoms with van der Waals surface area (Å²) in [5.41, 5.74) is 1.02. The van der Waals surface area contributed by atoms with Crippen molar-refractivity contribution in [2.45, 2.75) is 56.4 Å². The van der Waals surface area contributed by atoms with Gasteiger partial charge in [-0.3, -0.25) is 9.69 Å². The fourth-order valence-corrected chi connectivity index (χ4v) is 7.60. The van der Waals surface area contributed by atoms with E-state index in [0.717, 1.165) is 38.9 Å². The minimum atomic E-state index is -0.553. The Morgan fingerprint density at radius 3 is 2.58 bits per heavy atom. The van der Waals surface area contributed by atoms with Gasteiger partial charge < -0.3 is 24.6 Å². The number of phenolic OH excluding ortho intramolecular Hbond substituents is 1. The predicted octanol–water partition coefficient (Wildman–Crippen LogP) is 4.12. The van der Waals surface area contributed by atoms with Crippen LogP contribution in [0.4, 0.5) is 14.6 Å². The number of aromatic nitrogens is 3. The van der Waals surface area contributed by atoms with Gasteiger partial charge in [-0.15, -0.1) is 6.42 Å². The molecule has 0 spiro atoms. The van der Waals surface area contributed by atoms with E-state index in [4.69, 9.17) is 11.2 Å². The summed E-state index contributed by atoms with van der Waals surface area (Å²) in [5.74, 6) is 2.38. The van der Waals surface area contributed by atoms with Gasteiger partial charge >= 0.3 is 6.01 Å². The Labute approximate surface area is 259 Å². The van der Waals surface area contributed by atoms with Crippen LogP contribution in [0.1, 0.15) is 37.7 Å². The summed E-state index contributed by atoms with van der Waals surface area (Å²) in [6, 6.07) is 9.01. The molecule has 8 rings (SSSR count). The number of alkyl halides is 1. The molecule has 0 amide bonds. The number of pyridine rings is 1. The highest BCUT2D eigenvalue weighted by molar-refractivity contribution is 6.02. The largest absolute Gasteiger partial charge is 0.508 e. The number of fused-ring (bicyclic) bond motifs is 5. The first kappa shape index (κ1) is 29.4. The van der Waals surface area contributed by atoms with E-state index < -0.39 is 12.0 Å². The van der Waals surface area contributed by atoms with E-state index in [1.165, 1.54) is 42.7 Å². The van der Waals surface area contributed by atoms with Crippen LogP contribution in [0.3, 0.4) is 0 Å². The summed E-state index contributed by atoms with van der Waals surface area (Å²) >= 11 is 0. The lowest BCUT2D eigenvalue weighted by Crippen LogP contribution is -2.51. The molecule has 2 bridgehead atoms. The van der Waals surface area contributed by atoms with Crippen molar-refractivity contribution in [3.63, 3.8) is 0 Å². The van der Waals surface area contributed by atoms with Crippen LogP contribution in [0.25, 0.3) is 32.9 Å². The number of hydrogen-bond donors (Lipinski definition) is 2. The molecule has 9 nitrogen and oxygen atoms in total. The molecule has 6 heterocycles. The second kappa shape index (κ2) is 11.6. The van der Waals surface area contributed by atoms with Gasteiger partial charge in [0.1, 0.15) is 28.9 Å². The summed E-state index contributed by atoms with van der Waals surface area (Å²) < 4.78 is 34.1. The molecule has 4 atom stereocenters.